The molecule has 0 aliphatic carbocycles. The van der Waals surface area contributed by atoms with Gasteiger partial charge < -0.3 is 21.0 Å². The van der Waals surface area contributed by atoms with Gasteiger partial charge in [-0.15, -0.1) is 34.6 Å². The molecule has 2 fully saturated rings. The number of rotatable bonds is 10. The third kappa shape index (κ3) is 5.18. The van der Waals surface area contributed by atoms with Gasteiger partial charge in [0.25, 0.3) is 11.8 Å². The number of thiazole rings is 1. The van der Waals surface area contributed by atoms with E-state index < -0.39 is 29.2 Å². The largest absolute Gasteiger partial charge is 0.477 e. The summed E-state index contributed by atoms with van der Waals surface area (Å²) in [6.07, 6.45) is 5.21. The Morgan fingerprint density at radius 1 is 1.42 bits per heavy atom. The van der Waals surface area contributed by atoms with Gasteiger partial charge in [-0.2, -0.15) is 11.8 Å². The maximum Gasteiger partial charge on any atom is 0.352 e. The van der Waals surface area contributed by atoms with Gasteiger partial charge in [0.2, 0.25) is 5.16 Å². The van der Waals surface area contributed by atoms with Crippen molar-refractivity contribution in [2.45, 2.75) is 29.2 Å². The fraction of sp³-hybridized carbons (Fsp3) is 0.400. The van der Waals surface area contributed by atoms with Gasteiger partial charge in [0.05, 0.1) is 0 Å². The third-order valence-electron chi connectivity index (χ3n) is 5.53. The Balaban J connectivity index is 1.30. The van der Waals surface area contributed by atoms with Gasteiger partial charge >= 0.3 is 5.97 Å². The standard InChI is InChI=1S/C20H19N9O5S4/c1-2-3-28-20(24-26-27-28)38-5-9-4-36-17-13(16(31)29(17)14(9)18(32)33)23-15(30)12(11-8-37-19(21)22-11)25-34-10-6-35-7-10/h1,8,10,13,17H,3-7H2,(H2,21,22)(H,23,30)(H,32,33)/t13?,17-/m0/s1. The van der Waals surface area contributed by atoms with Gasteiger partial charge in [0.1, 0.15) is 35.5 Å². The average molecular weight is 594 g/mol. The van der Waals surface area contributed by atoms with Gasteiger partial charge in [-0.05, 0) is 16.0 Å². The fourth-order valence-corrected chi connectivity index (χ4v) is 7.10. The number of tetrazole rings is 1. The van der Waals surface area contributed by atoms with Crippen LogP contribution in [0, 0.1) is 12.3 Å². The normalized spacial score (nSPS) is 21.3. The molecule has 3 aliphatic heterocycles. The summed E-state index contributed by atoms with van der Waals surface area (Å²) in [6, 6.07) is -0.945. The average Bonchev–Trinajstić information content (AvgIpc) is 3.50. The molecule has 14 nitrogen and oxygen atoms in total. The molecule has 38 heavy (non-hydrogen) atoms. The number of aliphatic carboxylic acids is 1. The first-order valence-corrected chi connectivity index (χ1v) is 15.0. The summed E-state index contributed by atoms with van der Waals surface area (Å²) in [5.41, 5.74) is 6.27. The summed E-state index contributed by atoms with van der Waals surface area (Å²) < 4.78 is 1.42. The second-order valence-corrected chi connectivity index (χ2v) is 12.0. The Labute approximate surface area is 232 Å². The number of fused-ring (bicyclic) bond motifs is 1. The molecule has 2 amide bonds. The van der Waals surface area contributed by atoms with E-state index in [9.17, 15) is 19.5 Å². The molecule has 5 rings (SSSR count). The second kappa shape index (κ2) is 11.2. The van der Waals surface area contributed by atoms with Crippen LogP contribution in [0.1, 0.15) is 5.69 Å². The van der Waals surface area contributed by atoms with Crippen molar-refractivity contribution in [3.63, 3.8) is 0 Å². The molecule has 4 N–H and O–H groups in total. The molecule has 1 unspecified atom stereocenters. The van der Waals surface area contributed by atoms with E-state index in [-0.39, 0.29) is 40.6 Å². The number of anilines is 1. The molecule has 0 bridgehead atoms. The van der Waals surface area contributed by atoms with E-state index in [1.807, 2.05) is 0 Å². The molecule has 0 aromatic carbocycles. The number of nitrogens with one attached hydrogen (secondary N) is 1. The SMILES string of the molecule is C#CCn1nnnc1SCC1=C(C(=O)O)N2C(=O)C(NC(=O)C(=NOC3CSC3)c3csc(N)n3)[C@@H]2SC1. The molecule has 5 heterocycles. The van der Waals surface area contributed by atoms with Crippen molar-refractivity contribution in [3.8, 4) is 12.3 Å². The van der Waals surface area contributed by atoms with E-state index in [1.54, 1.807) is 17.1 Å². The Morgan fingerprint density at radius 3 is 2.89 bits per heavy atom. The van der Waals surface area contributed by atoms with Gasteiger partial charge in [0, 0.05) is 28.4 Å². The summed E-state index contributed by atoms with van der Waals surface area (Å²) in [6.45, 7) is 0.173. The minimum absolute atomic E-state index is 0.0994. The molecule has 2 aromatic rings. The highest BCUT2D eigenvalue weighted by Crippen LogP contribution is 2.41. The zero-order chi connectivity index (χ0) is 26.8. The predicted octanol–water partition coefficient (Wildman–Crippen LogP) is -0.288. The summed E-state index contributed by atoms with van der Waals surface area (Å²) in [4.78, 5) is 49.1. The van der Waals surface area contributed by atoms with E-state index in [1.165, 1.54) is 33.1 Å². The predicted molar refractivity (Wildman–Crippen MR) is 142 cm³/mol. The van der Waals surface area contributed by atoms with Crippen LogP contribution in [-0.4, -0.2) is 99.2 Å². The van der Waals surface area contributed by atoms with E-state index >= 15 is 0 Å². The Hall–Kier alpha value is -3.27. The molecule has 0 spiro atoms. The lowest BCUT2D eigenvalue weighted by Gasteiger charge is -2.49. The number of carboxylic acids is 1. The summed E-state index contributed by atoms with van der Waals surface area (Å²) in [5, 5.41) is 29.6. The van der Waals surface area contributed by atoms with Crippen LogP contribution >= 0.6 is 46.6 Å². The Kier molecular flexibility index (Phi) is 7.78. The Morgan fingerprint density at radius 2 is 2.24 bits per heavy atom. The monoisotopic (exact) mass is 593 g/mol. The first-order chi connectivity index (χ1) is 18.4. The lowest BCUT2D eigenvalue weighted by atomic mass is 10.0. The maximum absolute atomic E-state index is 13.1. The van der Waals surface area contributed by atoms with Crippen molar-refractivity contribution in [3.05, 3.63) is 22.3 Å². The molecular weight excluding hydrogens is 575 g/mol. The van der Waals surface area contributed by atoms with Gasteiger partial charge in [-0.25, -0.2) is 14.5 Å². The highest BCUT2D eigenvalue weighted by Gasteiger charge is 2.54. The van der Waals surface area contributed by atoms with Crippen molar-refractivity contribution in [2.75, 3.05) is 28.7 Å². The molecule has 2 saturated heterocycles. The molecule has 18 heteroatoms. The number of hydrogen-bond donors (Lipinski definition) is 3. The molecule has 0 radical (unpaired) electrons. The third-order valence-corrected chi connectivity index (χ3v) is 9.80. The smallest absolute Gasteiger partial charge is 0.352 e. The number of oxime groups is 1. The van der Waals surface area contributed by atoms with Crippen molar-refractivity contribution >= 4 is 75.2 Å². The molecule has 2 aromatic heterocycles. The number of carbonyl (C=O) groups is 3. The lowest BCUT2D eigenvalue weighted by molar-refractivity contribution is -0.150. The van der Waals surface area contributed by atoms with E-state index in [4.69, 9.17) is 17.0 Å². The number of nitrogens with two attached hydrogens (primary N) is 1. The molecule has 198 valence electrons. The van der Waals surface area contributed by atoms with Crippen molar-refractivity contribution in [2.24, 2.45) is 5.16 Å². The zero-order valence-electron chi connectivity index (χ0n) is 19.3. The first kappa shape index (κ1) is 26.3. The number of nitrogens with zero attached hydrogens (tertiary/aromatic N) is 7. The van der Waals surface area contributed by atoms with E-state index in [0.717, 1.165) is 22.8 Å². The molecule has 0 saturated carbocycles. The van der Waals surface area contributed by atoms with Crippen LogP contribution in [0.5, 0.6) is 0 Å². The second-order valence-electron chi connectivity index (χ2n) is 8.01. The Bertz CT molecular complexity index is 1380. The van der Waals surface area contributed by atoms with Gasteiger partial charge in [-0.3, -0.25) is 14.5 Å². The molecule has 3 aliphatic rings. The van der Waals surface area contributed by atoms with Crippen LogP contribution < -0.4 is 11.1 Å². The van der Waals surface area contributed by atoms with E-state index in [0.29, 0.717) is 16.5 Å². The van der Waals surface area contributed by atoms with Crippen molar-refractivity contribution < 1.29 is 24.3 Å². The van der Waals surface area contributed by atoms with Crippen molar-refractivity contribution in [1.29, 1.82) is 0 Å². The van der Waals surface area contributed by atoms with Crippen LogP contribution in [-0.2, 0) is 25.8 Å². The number of β-lactam (4-membered cyclic amide) rings is 1. The topological polar surface area (TPSA) is 191 Å². The highest BCUT2D eigenvalue weighted by atomic mass is 32.2. The minimum atomic E-state index is -1.24. The first-order valence-electron chi connectivity index (χ1n) is 10.9. The zero-order valence-corrected chi connectivity index (χ0v) is 22.6. The molecule has 2 atom stereocenters. The fourth-order valence-electron chi connectivity index (χ4n) is 3.64. The van der Waals surface area contributed by atoms with Crippen molar-refractivity contribution in [1.82, 2.24) is 35.4 Å². The highest BCUT2D eigenvalue weighted by molar-refractivity contribution is 8.01. The van der Waals surface area contributed by atoms with Crippen LogP contribution in [0.4, 0.5) is 5.13 Å². The van der Waals surface area contributed by atoms with Crippen LogP contribution in [0.25, 0.3) is 0 Å². The van der Waals surface area contributed by atoms with Crippen LogP contribution in [0.3, 0.4) is 0 Å². The molecular formula is C20H19N9O5S4. The van der Waals surface area contributed by atoms with Crippen LogP contribution in [0.2, 0.25) is 0 Å². The summed E-state index contributed by atoms with van der Waals surface area (Å²) in [7, 11) is 0. The van der Waals surface area contributed by atoms with Crippen LogP contribution in [0.15, 0.2) is 27.0 Å². The number of nitrogen functional groups attached to an aromatic ring is 1. The number of thioether (sulfide) groups is 3. The van der Waals surface area contributed by atoms with E-state index in [2.05, 4.69) is 36.9 Å². The van der Waals surface area contributed by atoms with Gasteiger partial charge in [-0.1, -0.05) is 22.8 Å². The van der Waals surface area contributed by atoms with Gasteiger partial charge in [0.15, 0.2) is 10.8 Å². The number of amides is 2. The number of aromatic nitrogens is 5. The summed E-state index contributed by atoms with van der Waals surface area (Å²) in [5.74, 6) is 2.10. The number of carboxylic acid groups (broad SMARTS) is 1. The number of terminal acetylenes is 1. The quantitative estimate of drug-likeness (QED) is 0.107. The minimum Gasteiger partial charge on any atom is -0.477 e. The summed E-state index contributed by atoms with van der Waals surface area (Å²) >= 11 is 5.41. The lowest BCUT2D eigenvalue weighted by Crippen LogP contribution is -2.71. The number of carbonyl (C=O) groups excluding carboxylic acids is 2. The number of hydrogen-bond acceptors (Lipinski definition) is 14. The maximum atomic E-state index is 13.1.